The van der Waals surface area contributed by atoms with Gasteiger partial charge in [-0.05, 0) is 38.7 Å². The second-order valence-corrected chi connectivity index (χ2v) is 8.12. The molecule has 0 amide bonds. The molecule has 5 heteroatoms. The number of nitrogens with one attached hydrogen (secondary N) is 1. The predicted molar refractivity (Wildman–Crippen MR) is 102 cm³/mol. The Morgan fingerprint density at radius 3 is 2.19 bits per heavy atom. The van der Waals surface area contributed by atoms with Gasteiger partial charge in [-0.15, -0.1) is 0 Å². The summed E-state index contributed by atoms with van der Waals surface area (Å²) in [5, 5.41) is 3.18. The van der Waals surface area contributed by atoms with E-state index in [0.717, 1.165) is 5.56 Å². The van der Waals surface area contributed by atoms with Crippen molar-refractivity contribution in [3.05, 3.63) is 35.9 Å². The summed E-state index contributed by atoms with van der Waals surface area (Å²) in [4.78, 5) is 24.6. The molecule has 1 rings (SSSR count). The molecule has 26 heavy (non-hydrogen) atoms. The van der Waals surface area contributed by atoms with Crippen LogP contribution in [0.25, 0.3) is 0 Å². The third-order valence-electron chi connectivity index (χ3n) is 3.70. The van der Waals surface area contributed by atoms with Crippen LogP contribution in [0.3, 0.4) is 0 Å². The summed E-state index contributed by atoms with van der Waals surface area (Å²) in [7, 11) is 0. The van der Waals surface area contributed by atoms with Gasteiger partial charge in [0.15, 0.2) is 0 Å². The smallest absolute Gasteiger partial charge is 0.323 e. The molecule has 0 aliphatic rings. The summed E-state index contributed by atoms with van der Waals surface area (Å²) >= 11 is 0. The zero-order valence-corrected chi connectivity index (χ0v) is 16.9. The average Bonchev–Trinajstić information content (AvgIpc) is 2.55. The average molecular weight is 363 g/mol. The van der Waals surface area contributed by atoms with Crippen molar-refractivity contribution in [1.29, 1.82) is 0 Å². The maximum atomic E-state index is 12.4. The third kappa shape index (κ3) is 8.99. The largest absolute Gasteiger partial charge is 0.461 e. The van der Waals surface area contributed by atoms with Gasteiger partial charge in [0.2, 0.25) is 0 Å². The summed E-state index contributed by atoms with van der Waals surface area (Å²) in [5.41, 5.74) is 0.418. The molecular weight excluding hydrogens is 330 g/mol. The number of carbonyl (C=O) groups is 2. The minimum absolute atomic E-state index is 0.255. The van der Waals surface area contributed by atoms with E-state index < -0.39 is 11.6 Å². The zero-order valence-electron chi connectivity index (χ0n) is 16.9. The van der Waals surface area contributed by atoms with Crippen molar-refractivity contribution in [2.45, 2.75) is 66.2 Å². The molecule has 0 unspecified atom stereocenters. The van der Waals surface area contributed by atoms with E-state index in [2.05, 4.69) is 19.2 Å². The molecule has 0 spiro atoms. The maximum Gasteiger partial charge on any atom is 0.323 e. The summed E-state index contributed by atoms with van der Waals surface area (Å²) in [6, 6.07) is 9.13. The second kappa shape index (κ2) is 10.3. The Hall–Kier alpha value is -1.88. The lowest BCUT2D eigenvalue weighted by molar-refractivity contribution is -0.158. The molecule has 5 nitrogen and oxygen atoms in total. The van der Waals surface area contributed by atoms with Crippen molar-refractivity contribution in [1.82, 2.24) is 5.32 Å². The lowest BCUT2D eigenvalue weighted by Crippen LogP contribution is -2.44. The van der Waals surface area contributed by atoms with Crippen LogP contribution in [0, 0.1) is 11.8 Å². The highest BCUT2D eigenvalue weighted by atomic mass is 16.6. The molecule has 1 N–H and O–H groups in total. The van der Waals surface area contributed by atoms with E-state index in [1.807, 2.05) is 51.1 Å². The quantitative estimate of drug-likeness (QED) is 0.678. The number of carbonyl (C=O) groups excluding carboxylic acids is 2. The standard InChI is InChI=1S/C21H33NO4/c1-15(2)12-18(20(24)26-21(4,5)6)22-13-16(3)19(23)25-14-17-10-8-7-9-11-17/h7-11,15-16,18,22H,12-14H2,1-6H3/t16-,18-/m0/s1. The van der Waals surface area contributed by atoms with Crippen LogP contribution in [-0.2, 0) is 25.7 Å². The van der Waals surface area contributed by atoms with Crippen LogP contribution in [0.15, 0.2) is 30.3 Å². The van der Waals surface area contributed by atoms with Crippen molar-refractivity contribution in [3.8, 4) is 0 Å². The van der Waals surface area contributed by atoms with Gasteiger partial charge in [-0.2, -0.15) is 0 Å². The summed E-state index contributed by atoms with van der Waals surface area (Å²) in [6.07, 6.45) is 0.653. The molecule has 1 aromatic carbocycles. The number of hydrogen-bond donors (Lipinski definition) is 1. The number of esters is 2. The highest BCUT2D eigenvalue weighted by molar-refractivity contribution is 5.76. The molecule has 0 saturated heterocycles. The predicted octanol–water partition coefficient (Wildman–Crippen LogP) is 3.71. The van der Waals surface area contributed by atoms with Crippen LogP contribution in [0.2, 0.25) is 0 Å². The van der Waals surface area contributed by atoms with Gasteiger partial charge in [0.05, 0.1) is 5.92 Å². The number of ether oxygens (including phenoxy) is 2. The Morgan fingerprint density at radius 1 is 1.04 bits per heavy atom. The molecule has 0 bridgehead atoms. The van der Waals surface area contributed by atoms with Crippen molar-refractivity contribution in [2.24, 2.45) is 11.8 Å². The lowest BCUT2D eigenvalue weighted by Gasteiger charge is -2.26. The van der Waals surface area contributed by atoms with E-state index in [4.69, 9.17) is 9.47 Å². The first-order chi connectivity index (χ1) is 12.1. The van der Waals surface area contributed by atoms with Crippen LogP contribution in [-0.4, -0.2) is 30.1 Å². The molecule has 1 aromatic rings. The molecule has 2 atom stereocenters. The molecule has 0 saturated carbocycles. The summed E-state index contributed by atoms with van der Waals surface area (Å²) < 4.78 is 10.8. The third-order valence-corrected chi connectivity index (χ3v) is 3.70. The second-order valence-electron chi connectivity index (χ2n) is 8.12. The van der Waals surface area contributed by atoms with Crippen LogP contribution in [0.1, 0.15) is 53.5 Å². The van der Waals surface area contributed by atoms with Crippen LogP contribution in [0.5, 0.6) is 0 Å². The maximum absolute atomic E-state index is 12.4. The summed E-state index contributed by atoms with van der Waals surface area (Å²) in [5.74, 6) is -0.582. The first kappa shape index (κ1) is 22.2. The molecule has 0 radical (unpaired) electrons. The molecule has 146 valence electrons. The zero-order chi connectivity index (χ0) is 19.7. The van der Waals surface area contributed by atoms with Gasteiger partial charge in [-0.1, -0.05) is 51.1 Å². The topological polar surface area (TPSA) is 64.6 Å². The fraction of sp³-hybridized carbons (Fsp3) is 0.619. The van der Waals surface area contributed by atoms with Crippen molar-refractivity contribution in [3.63, 3.8) is 0 Å². The van der Waals surface area contributed by atoms with Gasteiger partial charge in [0.25, 0.3) is 0 Å². The van der Waals surface area contributed by atoms with E-state index in [0.29, 0.717) is 18.9 Å². The lowest BCUT2D eigenvalue weighted by atomic mass is 10.0. The van der Waals surface area contributed by atoms with Crippen molar-refractivity contribution < 1.29 is 19.1 Å². The first-order valence-corrected chi connectivity index (χ1v) is 9.25. The highest BCUT2D eigenvalue weighted by Gasteiger charge is 2.27. The normalized spacial score (nSPS) is 14.0. The van der Waals surface area contributed by atoms with Gasteiger partial charge in [0.1, 0.15) is 18.2 Å². The Morgan fingerprint density at radius 2 is 1.65 bits per heavy atom. The van der Waals surface area contributed by atoms with E-state index in [9.17, 15) is 9.59 Å². The number of benzene rings is 1. The molecule has 0 aromatic heterocycles. The minimum atomic E-state index is -0.534. The monoisotopic (exact) mass is 363 g/mol. The van der Waals surface area contributed by atoms with Crippen molar-refractivity contribution in [2.75, 3.05) is 6.54 Å². The van der Waals surface area contributed by atoms with Crippen LogP contribution < -0.4 is 5.32 Å². The van der Waals surface area contributed by atoms with Gasteiger partial charge < -0.3 is 14.8 Å². The highest BCUT2D eigenvalue weighted by Crippen LogP contribution is 2.13. The Labute approximate surface area is 157 Å². The number of rotatable bonds is 9. The molecule has 0 aliphatic heterocycles. The van der Waals surface area contributed by atoms with Gasteiger partial charge in [-0.25, -0.2) is 0 Å². The SMILES string of the molecule is CC(C)C[C@H](NC[C@H](C)C(=O)OCc1ccccc1)C(=O)OC(C)(C)C. The van der Waals surface area contributed by atoms with E-state index in [1.54, 1.807) is 6.92 Å². The van der Waals surface area contributed by atoms with Gasteiger partial charge in [0, 0.05) is 6.54 Å². The van der Waals surface area contributed by atoms with Crippen LogP contribution in [0.4, 0.5) is 0 Å². The fourth-order valence-electron chi connectivity index (χ4n) is 2.38. The Kier molecular flexibility index (Phi) is 8.79. The van der Waals surface area contributed by atoms with E-state index in [-0.39, 0.29) is 24.5 Å². The molecule has 0 aliphatic carbocycles. The fourth-order valence-corrected chi connectivity index (χ4v) is 2.38. The minimum Gasteiger partial charge on any atom is -0.461 e. The Balaban J connectivity index is 2.52. The van der Waals surface area contributed by atoms with Gasteiger partial charge >= 0.3 is 11.9 Å². The molecule has 0 heterocycles. The molecule has 0 fully saturated rings. The summed E-state index contributed by atoms with van der Waals surface area (Å²) in [6.45, 7) is 12.1. The van der Waals surface area contributed by atoms with E-state index >= 15 is 0 Å². The van der Waals surface area contributed by atoms with Crippen molar-refractivity contribution >= 4 is 11.9 Å². The molecular formula is C21H33NO4. The Bertz CT molecular complexity index is 563. The van der Waals surface area contributed by atoms with E-state index in [1.165, 1.54) is 0 Å². The first-order valence-electron chi connectivity index (χ1n) is 9.25. The number of hydrogen-bond acceptors (Lipinski definition) is 5. The van der Waals surface area contributed by atoms with Gasteiger partial charge in [-0.3, -0.25) is 9.59 Å². The van der Waals surface area contributed by atoms with Crippen LogP contribution >= 0.6 is 0 Å².